The number of methoxy groups -OCH3 is 1. The summed E-state index contributed by atoms with van der Waals surface area (Å²) in [5, 5.41) is 8.73. The van der Waals surface area contributed by atoms with E-state index in [0.29, 0.717) is 16.5 Å². The summed E-state index contributed by atoms with van der Waals surface area (Å²) < 4.78 is 5.00. The number of nitrogens with two attached hydrogens (primary N) is 1. The number of anilines is 1. The molecule has 0 aliphatic rings. The number of nitrogens with zero attached hydrogens (tertiary/aromatic N) is 3. The highest BCUT2D eigenvalue weighted by molar-refractivity contribution is 7.15. The van der Waals surface area contributed by atoms with Crippen molar-refractivity contribution in [2.45, 2.75) is 0 Å². The van der Waals surface area contributed by atoms with E-state index in [1.54, 1.807) is 12.1 Å². The van der Waals surface area contributed by atoms with Crippen molar-refractivity contribution in [3.63, 3.8) is 0 Å². The molecule has 0 radical (unpaired) electrons. The number of nitrogen functional groups attached to an aromatic ring is 1. The van der Waals surface area contributed by atoms with Crippen LogP contribution in [-0.2, 0) is 0 Å². The average Bonchev–Trinajstić information content (AvgIpc) is 2.76. The van der Waals surface area contributed by atoms with Gasteiger partial charge in [0.05, 0.1) is 17.7 Å². The van der Waals surface area contributed by atoms with Crippen LogP contribution in [0.1, 0.15) is 4.88 Å². The Hall–Kier alpha value is -2.13. The van der Waals surface area contributed by atoms with E-state index in [4.69, 9.17) is 15.7 Å². The highest BCUT2D eigenvalue weighted by Crippen LogP contribution is 2.28. The molecule has 2 rings (SSSR count). The van der Waals surface area contributed by atoms with Crippen molar-refractivity contribution < 1.29 is 4.74 Å². The number of nitriles is 1. The molecule has 5 nitrogen and oxygen atoms in total. The number of hydrogen-bond acceptors (Lipinski definition) is 6. The molecule has 0 unspecified atom stereocenters. The molecule has 80 valence electrons. The molecule has 16 heavy (non-hydrogen) atoms. The SMILES string of the molecule is COc1cc(-c2ccc(C#N)s2)nc(N)n1. The minimum atomic E-state index is 0.154. The monoisotopic (exact) mass is 232 g/mol. The lowest BCUT2D eigenvalue weighted by Crippen LogP contribution is -1.98. The fourth-order valence-electron chi connectivity index (χ4n) is 1.21. The third-order valence-electron chi connectivity index (χ3n) is 1.90. The number of hydrogen-bond donors (Lipinski definition) is 1. The smallest absolute Gasteiger partial charge is 0.223 e. The van der Waals surface area contributed by atoms with Crippen molar-refractivity contribution >= 4 is 17.3 Å². The van der Waals surface area contributed by atoms with Crippen molar-refractivity contribution in [1.82, 2.24) is 9.97 Å². The van der Waals surface area contributed by atoms with Crippen LogP contribution in [0.4, 0.5) is 5.95 Å². The van der Waals surface area contributed by atoms with Gasteiger partial charge in [-0.15, -0.1) is 11.3 Å². The molecular formula is C10H8N4OS. The molecule has 2 aromatic rings. The largest absolute Gasteiger partial charge is 0.481 e. The van der Waals surface area contributed by atoms with Gasteiger partial charge in [0.15, 0.2) is 0 Å². The third kappa shape index (κ3) is 1.94. The van der Waals surface area contributed by atoms with Crippen LogP contribution in [-0.4, -0.2) is 17.1 Å². The van der Waals surface area contributed by atoms with Crippen LogP contribution < -0.4 is 10.5 Å². The van der Waals surface area contributed by atoms with Crippen LogP contribution in [0.15, 0.2) is 18.2 Å². The zero-order valence-electron chi connectivity index (χ0n) is 8.47. The van der Waals surface area contributed by atoms with E-state index in [0.717, 1.165) is 4.88 Å². The summed E-state index contributed by atoms with van der Waals surface area (Å²) in [7, 11) is 1.51. The Labute approximate surface area is 96.1 Å². The summed E-state index contributed by atoms with van der Waals surface area (Å²) in [5.74, 6) is 0.565. The molecule has 2 N–H and O–H groups in total. The first-order valence-corrected chi connectivity index (χ1v) is 5.23. The van der Waals surface area contributed by atoms with Gasteiger partial charge in [0, 0.05) is 6.07 Å². The fourth-order valence-corrected chi connectivity index (χ4v) is 1.97. The number of aromatic nitrogens is 2. The van der Waals surface area contributed by atoms with Gasteiger partial charge in [-0.1, -0.05) is 0 Å². The van der Waals surface area contributed by atoms with E-state index in [2.05, 4.69) is 16.0 Å². The second-order valence-electron chi connectivity index (χ2n) is 2.93. The van der Waals surface area contributed by atoms with E-state index < -0.39 is 0 Å². The summed E-state index contributed by atoms with van der Waals surface area (Å²) in [5.41, 5.74) is 6.21. The zero-order valence-corrected chi connectivity index (χ0v) is 9.28. The van der Waals surface area contributed by atoms with Crippen molar-refractivity contribution in [3.8, 4) is 22.5 Å². The van der Waals surface area contributed by atoms with Crippen molar-refractivity contribution in [1.29, 1.82) is 5.26 Å². The number of thiophene rings is 1. The molecule has 0 fully saturated rings. The highest BCUT2D eigenvalue weighted by atomic mass is 32.1. The maximum Gasteiger partial charge on any atom is 0.223 e. The quantitative estimate of drug-likeness (QED) is 0.851. The van der Waals surface area contributed by atoms with E-state index in [1.807, 2.05) is 6.07 Å². The Morgan fingerprint density at radius 2 is 2.25 bits per heavy atom. The Kier molecular flexibility index (Phi) is 2.70. The van der Waals surface area contributed by atoms with E-state index >= 15 is 0 Å². The average molecular weight is 232 g/mol. The molecule has 2 aromatic heterocycles. The predicted molar refractivity (Wildman–Crippen MR) is 61.0 cm³/mol. The molecule has 0 spiro atoms. The summed E-state index contributed by atoms with van der Waals surface area (Å²) >= 11 is 1.35. The van der Waals surface area contributed by atoms with Gasteiger partial charge in [0.1, 0.15) is 10.9 Å². The molecule has 0 aliphatic heterocycles. The lowest BCUT2D eigenvalue weighted by atomic mass is 10.3. The second-order valence-corrected chi connectivity index (χ2v) is 4.01. The standard InChI is InChI=1S/C10H8N4OS/c1-15-9-4-7(13-10(12)14-9)8-3-2-6(5-11)16-8/h2-4H,1H3,(H2,12,13,14). The van der Waals surface area contributed by atoms with Gasteiger partial charge in [0.25, 0.3) is 0 Å². The molecule has 6 heteroatoms. The van der Waals surface area contributed by atoms with Crippen LogP contribution >= 0.6 is 11.3 Å². The van der Waals surface area contributed by atoms with E-state index in [1.165, 1.54) is 18.4 Å². The first-order valence-electron chi connectivity index (χ1n) is 4.42. The van der Waals surface area contributed by atoms with E-state index in [9.17, 15) is 0 Å². The minimum Gasteiger partial charge on any atom is -0.481 e. The first kappa shape index (κ1) is 10.4. The van der Waals surface area contributed by atoms with Crippen LogP contribution in [0, 0.1) is 11.3 Å². The molecule has 2 heterocycles. The summed E-state index contributed by atoms with van der Waals surface area (Å²) in [6.45, 7) is 0. The fraction of sp³-hybridized carbons (Fsp3) is 0.100. The van der Waals surface area contributed by atoms with Gasteiger partial charge < -0.3 is 10.5 Å². The summed E-state index contributed by atoms with van der Waals surface area (Å²) in [4.78, 5) is 9.47. The normalized spacial score (nSPS) is 9.75. The topological polar surface area (TPSA) is 84.8 Å². The first-order chi connectivity index (χ1) is 7.72. The second kappa shape index (κ2) is 4.16. The highest BCUT2D eigenvalue weighted by Gasteiger charge is 2.07. The molecule has 0 saturated heterocycles. The molecule has 0 atom stereocenters. The molecule has 0 saturated carbocycles. The van der Waals surface area contributed by atoms with E-state index in [-0.39, 0.29) is 5.95 Å². The van der Waals surface area contributed by atoms with Crippen molar-refractivity contribution in [2.24, 2.45) is 0 Å². The number of rotatable bonds is 2. The molecule has 0 aromatic carbocycles. The lowest BCUT2D eigenvalue weighted by molar-refractivity contribution is 0.398. The minimum absolute atomic E-state index is 0.154. The van der Waals surface area contributed by atoms with Gasteiger partial charge in [-0.2, -0.15) is 10.2 Å². The Morgan fingerprint density at radius 1 is 1.44 bits per heavy atom. The van der Waals surface area contributed by atoms with Crippen LogP contribution in [0.3, 0.4) is 0 Å². The Balaban J connectivity index is 2.47. The van der Waals surface area contributed by atoms with Crippen LogP contribution in [0.25, 0.3) is 10.6 Å². The van der Waals surface area contributed by atoms with Crippen molar-refractivity contribution in [3.05, 3.63) is 23.1 Å². The molecular weight excluding hydrogens is 224 g/mol. The maximum absolute atomic E-state index is 8.73. The molecule has 0 bridgehead atoms. The van der Waals surface area contributed by atoms with Crippen LogP contribution in [0.5, 0.6) is 5.88 Å². The zero-order chi connectivity index (χ0) is 11.5. The van der Waals surface area contributed by atoms with Gasteiger partial charge in [-0.05, 0) is 12.1 Å². The van der Waals surface area contributed by atoms with Crippen LogP contribution in [0.2, 0.25) is 0 Å². The molecule has 0 amide bonds. The molecule has 0 aliphatic carbocycles. The lowest BCUT2D eigenvalue weighted by Gasteiger charge is -2.02. The summed E-state index contributed by atoms with van der Waals surface area (Å²) in [6.07, 6.45) is 0. The predicted octanol–water partition coefficient (Wildman–Crippen LogP) is 1.67. The van der Waals surface area contributed by atoms with Gasteiger partial charge in [-0.3, -0.25) is 0 Å². The van der Waals surface area contributed by atoms with Crippen molar-refractivity contribution in [2.75, 3.05) is 12.8 Å². The Morgan fingerprint density at radius 3 is 2.88 bits per heavy atom. The maximum atomic E-state index is 8.73. The summed E-state index contributed by atoms with van der Waals surface area (Å²) in [6, 6.07) is 7.32. The Bertz CT molecular complexity index is 558. The third-order valence-corrected chi connectivity index (χ3v) is 2.91. The van der Waals surface area contributed by atoms with Gasteiger partial charge >= 0.3 is 0 Å². The van der Waals surface area contributed by atoms with Gasteiger partial charge in [-0.25, -0.2) is 4.98 Å². The van der Waals surface area contributed by atoms with Gasteiger partial charge in [0.2, 0.25) is 11.8 Å². The number of ether oxygens (including phenoxy) is 1.